The predicted octanol–water partition coefficient (Wildman–Crippen LogP) is 4.13. The lowest BCUT2D eigenvalue weighted by molar-refractivity contribution is 0.192. The van der Waals surface area contributed by atoms with Crippen LogP contribution < -0.4 is 0 Å². The maximum atomic E-state index is 10.1. The number of hydrogen-bond donors (Lipinski definition) is 1. The molecule has 1 unspecified atom stereocenters. The highest BCUT2D eigenvalue weighted by Gasteiger charge is 2.25. The lowest BCUT2D eigenvalue weighted by Gasteiger charge is -2.35. The normalized spacial score (nSPS) is 17.6. The molecule has 0 saturated carbocycles. The molecule has 112 valence electrons. The van der Waals surface area contributed by atoms with Gasteiger partial charge in [-0.3, -0.25) is 4.90 Å². The van der Waals surface area contributed by atoms with Crippen molar-refractivity contribution in [2.24, 2.45) is 0 Å². The van der Waals surface area contributed by atoms with E-state index >= 15 is 0 Å². The minimum absolute atomic E-state index is 0.410. The van der Waals surface area contributed by atoms with Gasteiger partial charge in [0.25, 0.3) is 0 Å². The Kier molecular flexibility index (Phi) is 4.16. The van der Waals surface area contributed by atoms with Crippen LogP contribution in [0.25, 0.3) is 10.8 Å². The van der Waals surface area contributed by atoms with Crippen LogP contribution in [0.1, 0.15) is 37.8 Å². The summed E-state index contributed by atoms with van der Waals surface area (Å²) >= 11 is 0. The second-order valence-corrected chi connectivity index (χ2v) is 6.18. The predicted molar refractivity (Wildman–Crippen MR) is 89.0 cm³/mol. The fourth-order valence-corrected chi connectivity index (χ4v) is 3.78. The number of phenols is 1. The second-order valence-electron chi connectivity index (χ2n) is 6.18. The van der Waals surface area contributed by atoms with Crippen molar-refractivity contribution in [1.82, 2.24) is 4.90 Å². The maximum Gasteiger partial charge on any atom is 0.123 e. The van der Waals surface area contributed by atoms with Crippen LogP contribution in [0, 0.1) is 0 Å². The van der Waals surface area contributed by atoms with E-state index in [1.54, 1.807) is 0 Å². The molecule has 2 nitrogen and oxygen atoms in total. The fourth-order valence-electron chi connectivity index (χ4n) is 3.78. The molecule has 1 aliphatic carbocycles. The number of nitrogens with zero attached hydrogens (tertiary/aromatic N) is 1. The van der Waals surface area contributed by atoms with Gasteiger partial charge in [0.2, 0.25) is 0 Å². The molecule has 1 aliphatic rings. The van der Waals surface area contributed by atoms with Crippen molar-refractivity contribution < 1.29 is 5.11 Å². The van der Waals surface area contributed by atoms with Gasteiger partial charge in [-0.05, 0) is 61.4 Å². The summed E-state index contributed by atoms with van der Waals surface area (Å²) in [7, 11) is 0. The minimum Gasteiger partial charge on any atom is -0.507 e. The van der Waals surface area contributed by atoms with Gasteiger partial charge in [-0.15, -0.1) is 0 Å². The Hall–Kier alpha value is -1.54. The van der Waals surface area contributed by atoms with Crippen molar-refractivity contribution in [1.29, 1.82) is 0 Å². The number of phenolic OH excluding ortho intramolecular Hbond substituents is 1. The number of aromatic hydroxyl groups is 1. The first-order chi connectivity index (χ1) is 10.2. The molecule has 0 amide bonds. The first kappa shape index (κ1) is 14.4. The second kappa shape index (κ2) is 6.07. The van der Waals surface area contributed by atoms with E-state index in [9.17, 15) is 5.11 Å². The van der Waals surface area contributed by atoms with E-state index in [0.717, 1.165) is 18.2 Å². The molecule has 0 saturated heterocycles. The third-order valence-electron chi connectivity index (χ3n) is 4.64. The third kappa shape index (κ3) is 2.65. The summed E-state index contributed by atoms with van der Waals surface area (Å²) in [6.07, 6.45) is 4.63. The van der Waals surface area contributed by atoms with E-state index in [1.165, 1.54) is 42.4 Å². The van der Waals surface area contributed by atoms with Gasteiger partial charge in [0, 0.05) is 11.4 Å². The molecular weight excluding hydrogens is 258 g/mol. The van der Waals surface area contributed by atoms with Gasteiger partial charge in [-0.25, -0.2) is 0 Å². The highest BCUT2D eigenvalue weighted by atomic mass is 16.3. The molecule has 0 spiro atoms. The SMILES string of the molecule is CCCN(CCC)C1Cc2cccc3c(O)ccc(c23)C1. The molecular formula is C19H25NO. The van der Waals surface area contributed by atoms with Crippen LogP contribution >= 0.6 is 0 Å². The molecule has 0 radical (unpaired) electrons. The first-order valence-electron chi connectivity index (χ1n) is 8.21. The van der Waals surface area contributed by atoms with Crippen molar-refractivity contribution in [2.45, 2.75) is 45.6 Å². The standard InChI is InChI=1S/C19H25NO/c1-3-10-20(11-4-2)16-12-14-6-5-7-17-18(21)9-8-15(13-16)19(14)17/h5-9,16,21H,3-4,10-13H2,1-2H3. The molecule has 0 bridgehead atoms. The minimum atomic E-state index is 0.410. The van der Waals surface area contributed by atoms with Crippen LogP contribution in [0.15, 0.2) is 30.3 Å². The van der Waals surface area contributed by atoms with Crippen LogP contribution in [-0.4, -0.2) is 29.1 Å². The number of rotatable bonds is 5. The van der Waals surface area contributed by atoms with Gasteiger partial charge in [0.1, 0.15) is 5.75 Å². The Morgan fingerprint density at radius 2 is 1.67 bits per heavy atom. The largest absolute Gasteiger partial charge is 0.507 e. The van der Waals surface area contributed by atoms with E-state index in [2.05, 4.69) is 36.9 Å². The summed E-state index contributed by atoms with van der Waals surface area (Å²) in [5, 5.41) is 12.4. The first-order valence-corrected chi connectivity index (χ1v) is 8.21. The van der Waals surface area contributed by atoms with Crippen LogP contribution in [0.3, 0.4) is 0 Å². The Morgan fingerprint density at radius 1 is 1.00 bits per heavy atom. The number of hydrogen-bond acceptors (Lipinski definition) is 2. The summed E-state index contributed by atoms with van der Waals surface area (Å²) in [4.78, 5) is 2.65. The molecule has 21 heavy (non-hydrogen) atoms. The zero-order valence-electron chi connectivity index (χ0n) is 13.1. The van der Waals surface area contributed by atoms with Crippen molar-refractivity contribution in [3.63, 3.8) is 0 Å². The summed E-state index contributed by atoms with van der Waals surface area (Å²) in [6.45, 7) is 6.89. The van der Waals surface area contributed by atoms with Gasteiger partial charge >= 0.3 is 0 Å². The molecule has 0 aromatic heterocycles. The summed E-state index contributed by atoms with van der Waals surface area (Å²) in [5.41, 5.74) is 2.79. The lowest BCUT2D eigenvalue weighted by Crippen LogP contribution is -2.41. The van der Waals surface area contributed by atoms with Gasteiger partial charge in [0.15, 0.2) is 0 Å². The van der Waals surface area contributed by atoms with Crippen molar-refractivity contribution in [3.8, 4) is 5.75 Å². The Labute approximate surface area is 127 Å². The number of benzene rings is 2. The van der Waals surface area contributed by atoms with Crippen molar-refractivity contribution >= 4 is 10.8 Å². The Morgan fingerprint density at radius 3 is 2.33 bits per heavy atom. The molecule has 0 aliphatic heterocycles. The van der Waals surface area contributed by atoms with Crippen LogP contribution in [0.5, 0.6) is 5.75 Å². The van der Waals surface area contributed by atoms with E-state index in [1.807, 2.05) is 12.1 Å². The van der Waals surface area contributed by atoms with Gasteiger partial charge < -0.3 is 5.11 Å². The molecule has 0 heterocycles. The topological polar surface area (TPSA) is 23.5 Å². The Balaban J connectivity index is 1.98. The highest BCUT2D eigenvalue weighted by molar-refractivity contribution is 5.94. The van der Waals surface area contributed by atoms with Crippen molar-refractivity contribution in [2.75, 3.05) is 13.1 Å². The van der Waals surface area contributed by atoms with Gasteiger partial charge in [-0.1, -0.05) is 38.1 Å². The van der Waals surface area contributed by atoms with Gasteiger partial charge in [0.05, 0.1) is 0 Å². The smallest absolute Gasteiger partial charge is 0.123 e. The molecule has 2 aromatic carbocycles. The molecule has 2 heteroatoms. The quantitative estimate of drug-likeness (QED) is 0.891. The Bertz CT molecular complexity index is 616. The molecule has 1 N–H and O–H groups in total. The van der Waals surface area contributed by atoms with Crippen LogP contribution in [-0.2, 0) is 12.8 Å². The summed E-state index contributed by atoms with van der Waals surface area (Å²) < 4.78 is 0. The average Bonchev–Trinajstić information content (AvgIpc) is 2.50. The van der Waals surface area contributed by atoms with E-state index in [4.69, 9.17) is 0 Å². The zero-order valence-corrected chi connectivity index (χ0v) is 13.1. The molecule has 1 atom stereocenters. The van der Waals surface area contributed by atoms with Gasteiger partial charge in [-0.2, -0.15) is 0 Å². The van der Waals surface area contributed by atoms with Crippen molar-refractivity contribution in [3.05, 3.63) is 41.5 Å². The zero-order chi connectivity index (χ0) is 14.8. The maximum absolute atomic E-state index is 10.1. The third-order valence-corrected chi connectivity index (χ3v) is 4.64. The molecule has 3 rings (SSSR count). The van der Waals surface area contributed by atoms with Crippen LogP contribution in [0.2, 0.25) is 0 Å². The monoisotopic (exact) mass is 283 g/mol. The summed E-state index contributed by atoms with van der Waals surface area (Å²) in [5.74, 6) is 0.410. The van der Waals surface area contributed by atoms with E-state index in [0.29, 0.717) is 11.8 Å². The van der Waals surface area contributed by atoms with Crippen LogP contribution in [0.4, 0.5) is 0 Å². The highest BCUT2D eigenvalue weighted by Crippen LogP contribution is 2.35. The van der Waals surface area contributed by atoms with E-state index in [-0.39, 0.29) is 0 Å². The fraction of sp³-hybridized carbons (Fsp3) is 0.474. The van der Waals surface area contributed by atoms with E-state index < -0.39 is 0 Å². The summed E-state index contributed by atoms with van der Waals surface area (Å²) in [6, 6.07) is 10.9. The lowest BCUT2D eigenvalue weighted by atomic mass is 9.84. The average molecular weight is 283 g/mol. The molecule has 2 aromatic rings. The molecule has 0 fully saturated rings.